The second-order valence-corrected chi connectivity index (χ2v) is 3.30. The summed E-state index contributed by atoms with van der Waals surface area (Å²) >= 11 is 0. The third-order valence-electron chi connectivity index (χ3n) is 0.469. The summed E-state index contributed by atoms with van der Waals surface area (Å²) in [5.41, 5.74) is 0. The van der Waals surface area contributed by atoms with Crippen LogP contribution in [0.3, 0.4) is 0 Å². The zero-order valence-corrected chi connectivity index (χ0v) is 4.41. The molecule has 0 aliphatic carbocycles. The molecule has 0 radical (unpaired) electrons. The first-order valence-corrected chi connectivity index (χ1v) is 3.51. The summed E-state index contributed by atoms with van der Waals surface area (Å²) in [5, 5.41) is 0. The van der Waals surface area contributed by atoms with Crippen molar-refractivity contribution in [2.45, 2.75) is 0 Å². The van der Waals surface area contributed by atoms with Gasteiger partial charge in [-0.3, -0.25) is 0 Å². The van der Waals surface area contributed by atoms with Gasteiger partial charge in [0.25, 0.3) is 0 Å². The van der Waals surface area contributed by atoms with Crippen molar-refractivity contribution in [2.75, 3.05) is 0 Å². The summed E-state index contributed by atoms with van der Waals surface area (Å²) in [6.45, 7) is 0. The molecule has 1 saturated heterocycles. The molecule has 1 heterocycles. The third kappa shape index (κ3) is 0.873. The number of rotatable bonds is 0. The Labute approximate surface area is 43.6 Å². The molecule has 0 amide bonds. The van der Waals surface area contributed by atoms with Gasteiger partial charge in [-0.2, -0.15) is 0 Å². The average molecular weight is 142 g/mol. The van der Waals surface area contributed by atoms with Crippen molar-refractivity contribution >= 4 is 13.9 Å². The molecular formula is CH3O6P. The first-order valence-electron chi connectivity index (χ1n) is 1.58. The van der Waals surface area contributed by atoms with Crippen LogP contribution in [0, 0.1) is 0 Å². The van der Waals surface area contributed by atoms with Crippen LogP contribution in [0.15, 0.2) is 0 Å². The third-order valence-corrected chi connectivity index (χ3v) is 1.41. The maximum absolute atomic E-state index is 9.63. The van der Waals surface area contributed by atoms with Gasteiger partial charge in [-0.25, -0.2) is 0 Å². The van der Waals surface area contributed by atoms with E-state index in [1.54, 1.807) is 0 Å². The van der Waals surface area contributed by atoms with Crippen molar-refractivity contribution in [1.82, 2.24) is 0 Å². The number of carbonyl (C=O) groups is 1. The second-order valence-electron chi connectivity index (χ2n) is 1.27. The minimum absolute atomic E-state index is 1.28. The quantitative estimate of drug-likeness (QED) is 0.385. The van der Waals surface area contributed by atoms with Gasteiger partial charge < -0.3 is 0 Å². The van der Waals surface area contributed by atoms with Crippen molar-refractivity contribution < 1.29 is 28.5 Å². The van der Waals surface area contributed by atoms with Crippen molar-refractivity contribution in [1.29, 1.82) is 0 Å². The molecule has 7 heteroatoms. The molecule has 8 heavy (non-hydrogen) atoms. The van der Waals surface area contributed by atoms with E-state index in [2.05, 4.69) is 9.05 Å². The van der Waals surface area contributed by atoms with Gasteiger partial charge in [0.15, 0.2) is 0 Å². The molecule has 0 saturated carbocycles. The van der Waals surface area contributed by atoms with E-state index in [1.807, 2.05) is 0 Å². The Hall–Kier alpha value is -0.420. The number of hydrogen-bond acceptors (Lipinski definition) is 6. The zero-order valence-electron chi connectivity index (χ0n) is 3.51. The van der Waals surface area contributed by atoms with E-state index in [9.17, 15) is 4.79 Å². The second kappa shape index (κ2) is 0.964. The standard InChI is InChI=1S/CH3O6P/c2-1-6-8(3,4,5)7-1/h3-5H. The summed E-state index contributed by atoms with van der Waals surface area (Å²) < 4.78 is 6.90. The summed E-state index contributed by atoms with van der Waals surface area (Å²) in [6.07, 6.45) is -1.28. The zero-order chi connectivity index (χ0) is 6.44. The molecule has 0 bridgehead atoms. The van der Waals surface area contributed by atoms with Crippen LogP contribution in [-0.2, 0) is 9.05 Å². The number of carbonyl (C=O) groups excluding carboxylic acids is 1. The molecule has 1 rings (SSSR count). The van der Waals surface area contributed by atoms with Crippen LogP contribution in [0.2, 0.25) is 0 Å². The first-order chi connectivity index (χ1) is 3.37. The minimum atomic E-state index is -5.31. The van der Waals surface area contributed by atoms with E-state index in [0.717, 1.165) is 0 Å². The van der Waals surface area contributed by atoms with E-state index in [1.165, 1.54) is 0 Å². The predicted molar refractivity (Wildman–Crippen MR) is 21.1 cm³/mol. The van der Waals surface area contributed by atoms with Crippen LogP contribution in [-0.4, -0.2) is 20.8 Å². The molecule has 0 aromatic rings. The van der Waals surface area contributed by atoms with E-state index in [0.29, 0.717) is 0 Å². The Balaban J connectivity index is 2.66. The van der Waals surface area contributed by atoms with Crippen molar-refractivity contribution in [2.24, 2.45) is 0 Å². The molecule has 6 nitrogen and oxygen atoms in total. The van der Waals surface area contributed by atoms with Gasteiger partial charge in [0.2, 0.25) is 0 Å². The molecule has 1 aliphatic heterocycles. The van der Waals surface area contributed by atoms with Crippen molar-refractivity contribution in [3.05, 3.63) is 0 Å². The maximum atomic E-state index is 9.63. The molecule has 1 fully saturated rings. The van der Waals surface area contributed by atoms with E-state index in [4.69, 9.17) is 14.7 Å². The van der Waals surface area contributed by atoms with Crippen molar-refractivity contribution in [3.8, 4) is 0 Å². The Morgan fingerprint density at radius 2 is 1.62 bits per heavy atom. The van der Waals surface area contributed by atoms with Crippen LogP contribution < -0.4 is 0 Å². The normalized spacial score (nSPS) is 34.9. The molecule has 0 aromatic heterocycles. The van der Waals surface area contributed by atoms with Crippen LogP contribution in [0.4, 0.5) is 4.79 Å². The monoisotopic (exact) mass is 142 g/mol. The molecule has 3 N–H and O–H groups in total. The summed E-state index contributed by atoms with van der Waals surface area (Å²) in [7, 11) is -5.31. The summed E-state index contributed by atoms with van der Waals surface area (Å²) in [5.74, 6) is 0. The van der Waals surface area contributed by atoms with Gasteiger partial charge in [0.05, 0.1) is 0 Å². The van der Waals surface area contributed by atoms with E-state index >= 15 is 0 Å². The topological polar surface area (TPSA) is 96.2 Å². The Bertz CT molecular complexity index is 128. The Morgan fingerprint density at radius 3 is 1.62 bits per heavy atom. The van der Waals surface area contributed by atoms with Gasteiger partial charge in [-0.05, 0) is 0 Å². The fraction of sp³-hybridized carbons (Fsp3) is 0. The summed E-state index contributed by atoms with van der Waals surface area (Å²) in [6, 6.07) is 0. The molecule has 0 spiro atoms. The molecule has 1 aliphatic rings. The van der Waals surface area contributed by atoms with Crippen molar-refractivity contribution in [3.63, 3.8) is 0 Å². The molecule has 0 unspecified atom stereocenters. The SMILES string of the molecule is O=C1OP(O)(O)(O)O1. The van der Waals surface area contributed by atoms with Gasteiger partial charge in [0, 0.05) is 0 Å². The van der Waals surface area contributed by atoms with Gasteiger partial charge >= 0.3 is 42.4 Å². The Morgan fingerprint density at radius 1 is 1.25 bits per heavy atom. The van der Waals surface area contributed by atoms with Gasteiger partial charge in [-0.15, -0.1) is 0 Å². The molecular weight excluding hydrogens is 139 g/mol. The molecule has 48 valence electrons. The molecule has 0 atom stereocenters. The Kier molecular flexibility index (Phi) is 0.688. The van der Waals surface area contributed by atoms with E-state index < -0.39 is 13.9 Å². The van der Waals surface area contributed by atoms with Crippen LogP contribution in [0.25, 0.3) is 0 Å². The predicted octanol–water partition coefficient (Wildman–Crippen LogP) is -0.742. The van der Waals surface area contributed by atoms with Crippen LogP contribution >= 0.6 is 7.74 Å². The summed E-state index contributed by atoms with van der Waals surface area (Å²) in [4.78, 5) is 34.0. The van der Waals surface area contributed by atoms with E-state index in [-0.39, 0.29) is 0 Å². The van der Waals surface area contributed by atoms with Crippen LogP contribution in [0.1, 0.15) is 0 Å². The fourth-order valence-corrected chi connectivity index (χ4v) is 0.803. The van der Waals surface area contributed by atoms with Crippen LogP contribution in [0.5, 0.6) is 0 Å². The fourth-order valence-electron chi connectivity index (χ4n) is 0.268. The first kappa shape index (κ1) is 5.71. The van der Waals surface area contributed by atoms with Gasteiger partial charge in [0.1, 0.15) is 0 Å². The van der Waals surface area contributed by atoms with Gasteiger partial charge in [-0.1, -0.05) is 0 Å². The average Bonchev–Trinajstić information content (AvgIpc) is 1.22. The number of hydrogen-bond donors (Lipinski definition) is 3. The molecule has 0 aromatic carbocycles.